The van der Waals surface area contributed by atoms with Gasteiger partial charge in [0, 0.05) is 18.2 Å². The number of aryl methyl sites for hydroxylation is 1. The van der Waals surface area contributed by atoms with Crippen molar-refractivity contribution in [2.45, 2.75) is 96.3 Å². The summed E-state index contributed by atoms with van der Waals surface area (Å²) >= 11 is 0. The van der Waals surface area contributed by atoms with Crippen molar-refractivity contribution in [1.29, 1.82) is 0 Å². The van der Waals surface area contributed by atoms with E-state index in [-0.39, 0.29) is 0 Å². The SMILES string of the molecule is COc1cccc2c(CCCCCCCCCCCCCCCCO)c[nH]c12. The minimum absolute atomic E-state index is 0.359. The van der Waals surface area contributed by atoms with Gasteiger partial charge < -0.3 is 14.8 Å². The maximum absolute atomic E-state index is 8.75. The van der Waals surface area contributed by atoms with Gasteiger partial charge >= 0.3 is 0 Å². The standard InChI is InChI=1S/C25H41NO2/c1-28-24-19-16-18-23-22(21-26-25(23)24)17-14-12-10-8-6-4-2-3-5-7-9-11-13-15-20-27/h16,18-19,21,26-27H,2-15,17,20H2,1H3. The van der Waals surface area contributed by atoms with Crippen LogP contribution in [0.15, 0.2) is 24.4 Å². The second-order valence-corrected chi connectivity index (χ2v) is 8.12. The predicted octanol–water partition coefficient (Wildman–Crippen LogP) is 7.17. The summed E-state index contributed by atoms with van der Waals surface area (Å²) in [4.78, 5) is 3.37. The summed E-state index contributed by atoms with van der Waals surface area (Å²) in [6, 6.07) is 6.29. The predicted molar refractivity (Wildman–Crippen MR) is 120 cm³/mol. The number of aliphatic hydroxyl groups is 1. The molecule has 0 unspecified atom stereocenters. The molecule has 1 heterocycles. The number of methoxy groups -OCH3 is 1. The Kier molecular flexibility index (Phi) is 11.8. The Labute approximate surface area is 171 Å². The Morgan fingerprint density at radius 2 is 1.29 bits per heavy atom. The molecule has 0 saturated heterocycles. The number of rotatable bonds is 17. The highest BCUT2D eigenvalue weighted by Gasteiger charge is 2.07. The summed E-state index contributed by atoms with van der Waals surface area (Å²) in [5, 5.41) is 10.1. The third kappa shape index (κ3) is 8.26. The number of para-hydroxylation sites is 1. The summed E-state index contributed by atoms with van der Waals surface area (Å²) in [6.07, 6.45) is 21.9. The number of hydrogen-bond donors (Lipinski definition) is 2. The van der Waals surface area contributed by atoms with Gasteiger partial charge in [0.2, 0.25) is 0 Å². The highest BCUT2D eigenvalue weighted by molar-refractivity contribution is 5.88. The van der Waals surface area contributed by atoms with E-state index in [1.165, 1.54) is 94.4 Å². The molecule has 0 aliphatic carbocycles. The van der Waals surface area contributed by atoms with Crippen molar-refractivity contribution in [2.24, 2.45) is 0 Å². The number of nitrogens with one attached hydrogen (secondary N) is 1. The number of hydrogen-bond acceptors (Lipinski definition) is 2. The van der Waals surface area contributed by atoms with E-state index < -0.39 is 0 Å². The van der Waals surface area contributed by atoms with Gasteiger partial charge in [-0.15, -0.1) is 0 Å². The van der Waals surface area contributed by atoms with Crippen LogP contribution in [0.5, 0.6) is 5.75 Å². The fourth-order valence-corrected chi connectivity index (χ4v) is 4.11. The van der Waals surface area contributed by atoms with Gasteiger partial charge in [-0.2, -0.15) is 0 Å². The van der Waals surface area contributed by atoms with Gasteiger partial charge in [0.1, 0.15) is 5.75 Å². The van der Waals surface area contributed by atoms with Crippen LogP contribution in [0.4, 0.5) is 0 Å². The highest BCUT2D eigenvalue weighted by atomic mass is 16.5. The summed E-state index contributed by atoms with van der Waals surface area (Å²) in [7, 11) is 1.73. The molecule has 3 nitrogen and oxygen atoms in total. The van der Waals surface area contributed by atoms with Crippen LogP contribution in [-0.2, 0) is 6.42 Å². The number of aromatic amines is 1. The molecule has 0 fully saturated rings. The van der Waals surface area contributed by atoms with Crippen molar-refractivity contribution < 1.29 is 9.84 Å². The average molecular weight is 388 g/mol. The first kappa shape index (κ1) is 22.8. The Morgan fingerprint density at radius 1 is 0.750 bits per heavy atom. The lowest BCUT2D eigenvalue weighted by molar-refractivity contribution is 0.282. The number of ether oxygens (including phenoxy) is 1. The number of benzene rings is 1. The van der Waals surface area contributed by atoms with Gasteiger partial charge in [0.25, 0.3) is 0 Å². The molecule has 0 bridgehead atoms. The second kappa shape index (κ2) is 14.5. The van der Waals surface area contributed by atoms with Gasteiger partial charge in [-0.3, -0.25) is 0 Å². The highest BCUT2D eigenvalue weighted by Crippen LogP contribution is 2.28. The molecule has 2 aromatic rings. The van der Waals surface area contributed by atoms with Gasteiger partial charge in [-0.25, -0.2) is 0 Å². The molecule has 0 aliphatic rings. The molecule has 0 aliphatic heterocycles. The van der Waals surface area contributed by atoms with E-state index in [1.54, 1.807) is 7.11 Å². The topological polar surface area (TPSA) is 45.2 Å². The fourth-order valence-electron chi connectivity index (χ4n) is 4.11. The Hall–Kier alpha value is -1.48. The molecule has 2 rings (SSSR count). The van der Waals surface area contributed by atoms with Crippen LogP contribution < -0.4 is 4.74 Å². The van der Waals surface area contributed by atoms with Gasteiger partial charge in [0.15, 0.2) is 0 Å². The molecular formula is C25H41NO2. The molecule has 0 amide bonds. The van der Waals surface area contributed by atoms with Gasteiger partial charge in [0.05, 0.1) is 12.6 Å². The van der Waals surface area contributed by atoms with E-state index in [4.69, 9.17) is 9.84 Å². The zero-order chi connectivity index (χ0) is 19.9. The molecule has 0 saturated carbocycles. The van der Waals surface area contributed by atoms with Gasteiger partial charge in [-0.1, -0.05) is 89.2 Å². The fraction of sp³-hybridized carbons (Fsp3) is 0.680. The first-order valence-electron chi connectivity index (χ1n) is 11.6. The maximum atomic E-state index is 8.75. The third-order valence-corrected chi connectivity index (χ3v) is 5.84. The van der Waals surface area contributed by atoms with E-state index in [9.17, 15) is 0 Å². The molecule has 2 N–H and O–H groups in total. The smallest absolute Gasteiger partial charge is 0.142 e. The minimum Gasteiger partial charge on any atom is -0.495 e. The normalized spacial score (nSPS) is 11.4. The molecule has 158 valence electrons. The van der Waals surface area contributed by atoms with Crippen LogP contribution >= 0.6 is 0 Å². The van der Waals surface area contributed by atoms with Crippen molar-refractivity contribution in [3.8, 4) is 5.75 Å². The van der Waals surface area contributed by atoms with Crippen LogP contribution in [-0.4, -0.2) is 23.8 Å². The van der Waals surface area contributed by atoms with Crippen molar-refractivity contribution >= 4 is 10.9 Å². The number of aromatic nitrogens is 1. The van der Waals surface area contributed by atoms with E-state index in [0.717, 1.165) is 24.1 Å². The van der Waals surface area contributed by atoms with E-state index in [1.807, 2.05) is 6.07 Å². The Morgan fingerprint density at radius 3 is 1.82 bits per heavy atom. The summed E-state index contributed by atoms with van der Waals surface area (Å²) in [5.41, 5.74) is 2.55. The first-order valence-corrected chi connectivity index (χ1v) is 11.6. The second-order valence-electron chi connectivity index (χ2n) is 8.12. The molecule has 3 heteroatoms. The summed E-state index contributed by atoms with van der Waals surface area (Å²) in [6.45, 7) is 0.359. The zero-order valence-corrected chi connectivity index (χ0v) is 18.0. The quantitative estimate of drug-likeness (QED) is 0.282. The number of aliphatic hydroxyl groups excluding tert-OH is 1. The van der Waals surface area contributed by atoms with Crippen LogP contribution in [0.25, 0.3) is 10.9 Å². The maximum Gasteiger partial charge on any atom is 0.142 e. The molecule has 1 aromatic carbocycles. The van der Waals surface area contributed by atoms with E-state index in [2.05, 4.69) is 23.3 Å². The molecule has 28 heavy (non-hydrogen) atoms. The lowest BCUT2D eigenvalue weighted by Crippen LogP contribution is -1.87. The third-order valence-electron chi connectivity index (χ3n) is 5.84. The lowest BCUT2D eigenvalue weighted by atomic mass is 10.0. The molecule has 1 aromatic heterocycles. The van der Waals surface area contributed by atoms with Crippen molar-refractivity contribution in [1.82, 2.24) is 4.98 Å². The first-order chi connectivity index (χ1) is 13.9. The summed E-state index contributed by atoms with van der Waals surface area (Å²) in [5.74, 6) is 0.936. The van der Waals surface area contributed by atoms with Crippen LogP contribution in [0.3, 0.4) is 0 Å². The Bertz CT molecular complexity index is 635. The molecule has 0 atom stereocenters. The summed E-state index contributed by atoms with van der Waals surface area (Å²) < 4.78 is 5.43. The van der Waals surface area contributed by atoms with Crippen LogP contribution in [0, 0.1) is 0 Å². The van der Waals surface area contributed by atoms with E-state index >= 15 is 0 Å². The number of fused-ring (bicyclic) bond motifs is 1. The van der Waals surface area contributed by atoms with Crippen molar-refractivity contribution in [3.05, 3.63) is 30.0 Å². The van der Waals surface area contributed by atoms with Gasteiger partial charge in [-0.05, 0) is 30.9 Å². The number of unbranched alkanes of at least 4 members (excludes halogenated alkanes) is 13. The lowest BCUT2D eigenvalue weighted by Gasteiger charge is -2.04. The molecule has 0 spiro atoms. The van der Waals surface area contributed by atoms with E-state index in [0.29, 0.717) is 6.61 Å². The molecule has 0 radical (unpaired) electrons. The van der Waals surface area contributed by atoms with Crippen LogP contribution in [0.2, 0.25) is 0 Å². The average Bonchev–Trinajstić information content (AvgIpc) is 3.14. The molecular weight excluding hydrogens is 346 g/mol. The minimum atomic E-state index is 0.359. The van der Waals surface area contributed by atoms with Crippen molar-refractivity contribution in [2.75, 3.05) is 13.7 Å². The number of H-pyrrole nitrogens is 1. The zero-order valence-electron chi connectivity index (χ0n) is 18.0. The van der Waals surface area contributed by atoms with Crippen molar-refractivity contribution in [3.63, 3.8) is 0 Å². The monoisotopic (exact) mass is 387 g/mol. The largest absolute Gasteiger partial charge is 0.495 e. The van der Waals surface area contributed by atoms with Crippen LogP contribution in [0.1, 0.15) is 95.5 Å². The Balaban J connectivity index is 1.42.